The lowest BCUT2D eigenvalue weighted by molar-refractivity contribution is -0.144. The van der Waals surface area contributed by atoms with Gasteiger partial charge in [-0.05, 0) is 94.7 Å². The molecule has 0 fully saturated rings. The van der Waals surface area contributed by atoms with Crippen LogP contribution in [0.1, 0.15) is 97.4 Å². The lowest BCUT2D eigenvalue weighted by Gasteiger charge is -2.40. The summed E-state index contributed by atoms with van der Waals surface area (Å²) >= 11 is 0. The van der Waals surface area contributed by atoms with E-state index < -0.39 is 23.8 Å². The summed E-state index contributed by atoms with van der Waals surface area (Å²) in [5.41, 5.74) is 2.66. The molecule has 0 saturated carbocycles. The molecule has 7 nitrogen and oxygen atoms in total. The van der Waals surface area contributed by atoms with E-state index in [1.807, 2.05) is 89.2 Å². The van der Waals surface area contributed by atoms with Crippen molar-refractivity contribution in [3.8, 4) is 0 Å². The van der Waals surface area contributed by atoms with Crippen molar-refractivity contribution in [2.75, 3.05) is 5.32 Å². The Labute approximate surface area is 270 Å². The third-order valence-electron chi connectivity index (χ3n) is 8.15. The number of ether oxygens (including phenoxy) is 1. The maximum atomic E-state index is 14.8. The van der Waals surface area contributed by atoms with E-state index in [1.54, 1.807) is 25.7 Å². The molecular formula is C38H53N3O4. The predicted octanol–water partition coefficient (Wildman–Crippen LogP) is 8.73. The molecule has 3 amide bonds. The standard InChI is InChI=1S/C38H53N3O4/c1-11-27(6)33(40-37(44)45-38(8,9)10)36(43)41(28(7)17-16-24(2)3)34(31-21-25(4)20-26(5)22-31)35(42)39-32-19-18-29-14-12-13-15-30(29)23-32/h12-15,18-24,27-28,33-34H,11,16-17H2,1-10H3,(H,39,42)(H,40,44). The van der Waals surface area contributed by atoms with Gasteiger partial charge in [-0.3, -0.25) is 9.59 Å². The number of fused-ring (bicyclic) bond motifs is 1. The Kier molecular flexibility index (Phi) is 12.2. The summed E-state index contributed by atoms with van der Waals surface area (Å²) in [6, 6.07) is 17.7. The molecule has 0 bridgehead atoms. The lowest BCUT2D eigenvalue weighted by Crippen LogP contribution is -2.57. The van der Waals surface area contributed by atoms with Crippen LogP contribution in [0.4, 0.5) is 10.5 Å². The molecule has 45 heavy (non-hydrogen) atoms. The van der Waals surface area contributed by atoms with Gasteiger partial charge in [0.1, 0.15) is 17.7 Å². The highest BCUT2D eigenvalue weighted by Gasteiger charge is 2.40. The van der Waals surface area contributed by atoms with Gasteiger partial charge >= 0.3 is 6.09 Å². The summed E-state index contributed by atoms with van der Waals surface area (Å²) in [6.45, 7) is 19.6. The normalized spacial score (nSPS) is 14.4. The van der Waals surface area contributed by atoms with Gasteiger partial charge in [-0.25, -0.2) is 4.79 Å². The van der Waals surface area contributed by atoms with E-state index in [9.17, 15) is 14.4 Å². The van der Waals surface area contributed by atoms with E-state index in [-0.39, 0.29) is 23.8 Å². The van der Waals surface area contributed by atoms with Crippen LogP contribution in [0.2, 0.25) is 0 Å². The van der Waals surface area contributed by atoms with Crippen LogP contribution in [0.5, 0.6) is 0 Å². The zero-order valence-electron chi connectivity index (χ0n) is 28.9. The van der Waals surface area contributed by atoms with Crippen LogP contribution in [-0.4, -0.2) is 40.5 Å². The second-order valence-electron chi connectivity index (χ2n) is 13.9. The molecule has 0 aromatic heterocycles. The lowest BCUT2D eigenvalue weighted by atomic mass is 9.92. The Balaban J connectivity index is 2.15. The number of anilines is 1. The molecule has 0 heterocycles. The van der Waals surface area contributed by atoms with Crippen LogP contribution >= 0.6 is 0 Å². The fourth-order valence-corrected chi connectivity index (χ4v) is 5.67. The molecule has 0 aliphatic carbocycles. The van der Waals surface area contributed by atoms with E-state index >= 15 is 0 Å². The zero-order valence-corrected chi connectivity index (χ0v) is 28.9. The number of rotatable bonds is 12. The maximum Gasteiger partial charge on any atom is 0.408 e. The molecule has 3 aromatic rings. The monoisotopic (exact) mass is 615 g/mol. The largest absolute Gasteiger partial charge is 0.444 e. The number of benzene rings is 3. The van der Waals surface area contributed by atoms with Gasteiger partial charge in [0.2, 0.25) is 5.91 Å². The summed E-state index contributed by atoms with van der Waals surface area (Å²) in [5.74, 6) is -0.390. The highest BCUT2D eigenvalue weighted by Crippen LogP contribution is 2.31. The van der Waals surface area contributed by atoms with E-state index in [1.165, 1.54) is 0 Å². The number of hydrogen-bond acceptors (Lipinski definition) is 4. The molecule has 244 valence electrons. The molecule has 0 aliphatic rings. The van der Waals surface area contributed by atoms with Crippen molar-refractivity contribution in [3.05, 3.63) is 77.4 Å². The zero-order chi connectivity index (χ0) is 33.5. The predicted molar refractivity (Wildman–Crippen MR) is 184 cm³/mol. The molecule has 3 aromatic carbocycles. The van der Waals surface area contributed by atoms with E-state index in [4.69, 9.17) is 4.74 Å². The first-order chi connectivity index (χ1) is 21.1. The van der Waals surface area contributed by atoms with Gasteiger partial charge in [0.25, 0.3) is 5.91 Å². The second-order valence-corrected chi connectivity index (χ2v) is 13.9. The van der Waals surface area contributed by atoms with Crippen molar-refractivity contribution >= 4 is 34.4 Å². The third kappa shape index (κ3) is 10.1. The Morgan fingerprint density at radius 2 is 1.47 bits per heavy atom. The van der Waals surface area contributed by atoms with Gasteiger partial charge < -0.3 is 20.3 Å². The first kappa shape index (κ1) is 35.6. The highest BCUT2D eigenvalue weighted by molar-refractivity contribution is 6.00. The second kappa shape index (κ2) is 15.4. The van der Waals surface area contributed by atoms with Crippen molar-refractivity contribution in [1.82, 2.24) is 10.2 Å². The molecule has 2 N–H and O–H groups in total. The Morgan fingerprint density at radius 3 is 2.04 bits per heavy atom. The molecular weight excluding hydrogens is 562 g/mol. The maximum absolute atomic E-state index is 14.8. The smallest absolute Gasteiger partial charge is 0.408 e. The number of alkyl carbamates (subject to hydrolysis) is 1. The third-order valence-corrected chi connectivity index (χ3v) is 8.15. The SMILES string of the molecule is CCC(C)C(NC(=O)OC(C)(C)C)C(=O)N(C(C)CCC(C)C)C(C(=O)Nc1ccc2ccccc2c1)c1cc(C)cc(C)c1. The van der Waals surface area contributed by atoms with Crippen molar-refractivity contribution < 1.29 is 19.1 Å². The fraction of sp³-hybridized carbons (Fsp3) is 0.500. The van der Waals surface area contributed by atoms with Crippen LogP contribution in [-0.2, 0) is 14.3 Å². The van der Waals surface area contributed by atoms with Crippen LogP contribution in [0.3, 0.4) is 0 Å². The quantitative estimate of drug-likeness (QED) is 0.213. The number of carbonyl (C=O) groups is 3. The van der Waals surface area contributed by atoms with Crippen LogP contribution in [0.25, 0.3) is 10.8 Å². The first-order valence-corrected chi connectivity index (χ1v) is 16.3. The van der Waals surface area contributed by atoms with Gasteiger partial charge in [-0.15, -0.1) is 0 Å². The van der Waals surface area contributed by atoms with Crippen LogP contribution in [0, 0.1) is 25.7 Å². The average molecular weight is 616 g/mol. The number of amides is 3. The molecule has 0 saturated heterocycles. The minimum absolute atomic E-state index is 0.201. The average Bonchev–Trinajstić information content (AvgIpc) is 2.95. The minimum Gasteiger partial charge on any atom is -0.444 e. The number of hydrogen-bond donors (Lipinski definition) is 2. The van der Waals surface area contributed by atoms with Gasteiger partial charge in [-0.2, -0.15) is 0 Å². The summed E-state index contributed by atoms with van der Waals surface area (Å²) in [4.78, 5) is 44.1. The van der Waals surface area contributed by atoms with Crippen LogP contribution < -0.4 is 10.6 Å². The van der Waals surface area contributed by atoms with Gasteiger partial charge in [0.15, 0.2) is 0 Å². The fourth-order valence-electron chi connectivity index (χ4n) is 5.67. The number of nitrogens with one attached hydrogen (secondary N) is 2. The molecule has 0 spiro atoms. The van der Waals surface area contributed by atoms with Crippen molar-refractivity contribution in [2.24, 2.45) is 11.8 Å². The number of carbonyl (C=O) groups excluding carboxylic acids is 3. The van der Waals surface area contributed by atoms with Gasteiger partial charge in [0, 0.05) is 11.7 Å². The molecule has 0 radical (unpaired) electrons. The molecule has 4 atom stereocenters. The summed E-state index contributed by atoms with van der Waals surface area (Å²) in [5, 5.41) is 8.10. The number of aryl methyl sites for hydroxylation is 2. The molecule has 4 unspecified atom stereocenters. The van der Waals surface area contributed by atoms with E-state index in [0.717, 1.165) is 33.9 Å². The molecule has 3 rings (SSSR count). The summed E-state index contributed by atoms with van der Waals surface area (Å²) < 4.78 is 5.57. The van der Waals surface area contributed by atoms with Crippen molar-refractivity contribution in [1.29, 1.82) is 0 Å². The molecule has 0 aliphatic heterocycles. The highest BCUT2D eigenvalue weighted by atomic mass is 16.6. The Morgan fingerprint density at radius 1 is 0.844 bits per heavy atom. The summed E-state index contributed by atoms with van der Waals surface area (Å²) in [7, 11) is 0. The van der Waals surface area contributed by atoms with Gasteiger partial charge in [0.05, 0.1) is 0 Å². The van der Waals surface area contributed by atoms with Crippen LogP contribution in [0.15, 0.2) is 60.7 Å². The van der Waals surface area contributed by atoms with E-state index in [2.05, 4.69) is 30.5 Å². The number of nitrogens with zero attached hydrogens (tertiary/aromatic N) is 1. The topological polar surface area (TPSA) is 87.7 Å². The Bertz CT molecular complexity index is 1460. The van der Waals surface area contributed by atoms with Crippen molar-refractivity contribution in [2.45, 2.75) is 112 Å². The van der Waals surface area contributed by atoms with Gasteiger partial charge in [-0.1, -0.05) is 93.8 Å². The first-order valence-electron chi connectivity index (χ1n) is 16.3. The van der Waals surface area contributed by atoms with E-state index in [0.29, 0.717) is 24.4 Å². The molecule has 7 heteroatoms. The Hall–Kier alpha value is -3.87. The minimum atomic E-state index is -0.934. The summed E-state index contributed by atoms with van der Waals surface area (Å²) in [6.07, 6.45) is 1.58. The van der Waals surface area contributed by atoms with Crippen molar-refractivity contribution in [3.63, 3.8) is 0 Å².